The Labute approximate surface area is 112 Å². The van der Waals surface area contributed by atoms with E-state index >= 15 is 0 Å². The number of carbonyl (C=O) groups is 1. The summed E-state index contributed by atoms with van der Waals surface area (Å²) in [4.78, 5) is 11.9. The number of para-hydroxylation sites is 1. The second kappa shape index (κ2) is 7.98. The summed E-state index contributed by atoms with van der Waals surface area (Å²) in [5.74, 6) is -0.0836. The van der Waals surface area contributed by atoms with Crippen LogP contribution in [0.15, 0.2) is 18.2 Å². The minimum atomic E-state index is -0.451. The van der Waals surface area contributed by atoms with Gasteiger partial charge in [0, 0.05) is 6.42 Å². The lowest BCUT2D eigenvalue weighted by molar-refractivity contribution is 0.0494. The number of nitrogen functional groups attached to an aromatic ring is 1. The highest BCUT2D eigenvalue weighted by Gasteiger charge is 2.15. The first-order valence-electron chi connectivity index (χ1n) is 6.26. The number of unbranched alkanes of at least 4 members (excludes halogenated alkanes) is 2. The predicted molar refractivity (Wildman–Crippen MR) is 71.8 cm³/mol. The van der Waals surface area contributed by atoms with E-state index in [1.54, 1.807) is 18.2 Å². The van der Waals surface area contributed by atoms with E-state index in [1.165, 1.54) is 0 Å². The average Bonchev–Trinajstić information content (AvgIpc) is 2.41. The topological polar surface area (TPSA) is 85.3 Å². The van der Waals surface area contributed by atoms with Gasteiger partial charge in [0.2, 0.25) is 0 Å². The highest BCUT2D eigenvalue weighted by Crippen LogP contribution is 2.27. The van der Waals surface area contributed by atoms with Crippen LogP contribution < -0.4 is 10.5 Å². The molecule has 2 N–H and O–H groups in total. The van der Waals surface area contributed by atoms with Gasteiger partial charge in [0.25, 0.3) is 0 Å². The number of nitrogens with two attached hydrogens (primary N) is 1. The minimum absolute atomic E-state index is 0.293. The number of hydrogen-bond donors (Lipinski definition) is 1. The van der Waals surface area contributed by atoms with Crippen molar-refractivity contribution in [2.24, 2.45) is 0 Å². The van der Waals surface area contributed by atoms with Gasteiger partial charge in [-0.1, -0.05) is 6.07 Å². The van der Waals surface area contributed by atoms with Crippen molar-refractivity contribution in [2.45, 2.75) is 26.2 Å². The van der Waals surface area contributed by atoms with Crippen molar-refractivity contribution in [1.82, 2.24) is 0 Å². The lowest BCUT2D eigenvalue weighted by atomic mass is 10.1. The molecular formula is C14H18N2O3. The maximum absolute atomic E-state index is 11.9. The fraction of sp³-hybridized carbons (Fsp3) is 0.429. The Bertz CT molecular complexity index is 466. The zero-order chi connectivity index (χ0) is 14.1. The molecule has 0 aliphatic heterocycles. The number of nitrogens with zero attached hydrogens (tertiary/aromatic N) is 1. The number of ether oxygens (including phenoxy) is 2. The molecule has 0 radical (unpaired) electrons. The van der Waals surface area contributed by atoms with Crippen LogP contribution >= 0.6 is 0 Å². The van der Waals surface area contributed by atoms with E-state index in [0.29, 0.717) is 43.1 Å². The Morgan fingerprint density at radius 1 is 1.42 bits per heavy atom. The quantitative estimate of drug-likeness (QED) is 0.463. The van der Waals surface area contributed by atoms with E-state index in [9.17, 15) is 4.79 Å². The van der Waals surface area contributed by atoms with Gasteiger partial charge in [0.1, 0.15) is 5.56 Å². The second-order valence-electron chi connectivity index (χ2n) is 3.91. The third-order valence-corrected chi connectivity index (χ3v) is 2.47. The summed E-state index contributed by atoms with van der Waals surface area (Å²) >= 11 is 0. The molecule has 0 unspecified atom stereocenters. The molecule has 1 rings (SSSR count). The van der Waals surface area contributed by atoms with Gasteiger partial charge in [-0.3, -0.25) is 0 Å². The summed E-state index contributed by atoms with van der Waals surface area (Å²) in [5.41, 5.74) is 6.52. The average molecular weight is 262 g/mol. The van der Waals surface area contributed by atoms with Crippen LogP contribution in [-0.2, 0) is 4.74 Å². The van der Waals surface area contributed by atoms with Crippen LogP contribution in [0.4, 0.5) is 5.69 Å². The summed E-state index contributed by atoms with van der Waals surface area (Å²) < 4.78 is 10.5. The van der Waals surface area contributed by atoms with Crippen LogP contribution in [-0.4, -0.2) is 19.2 Å². The minimum Gasteiger partial charge on any atom is -0.491 e. The van der Waals surface area contributed by atoms with E-state index in [-0.39, 0.29) is 0 Å². The van der Waals surface area contributed by atoms with Crippen molar-refractivity contribution in [1.29, 1.82) is 5.26 Å². The molecule has 0 aliphatic rings. The molecule has 0 aliphatic carbocycles. The van der Waals surface area contributed by atoms with Gasteiger partial charge < -0.3 is 15.2 Å². The summed E-state index contributed by atoms with van der Waals surface area (Å²) in [6.07, 6.45) is 1.87. The molecule has 0 saturated heterocycles. The third kappa shape index (κ3) is 4.51. The first-order chi connectivity index (χ1) is 9.20. The second-order valence-corrected chi connectivity index (χ2v) is 3.91. The Morgan fingerprint density at radius 2 is 2.21 bits per heavy atom. The zero-order valence-electron chi connectivity index (χ0n) is 11.0. The Hall–Kier alpha value is -2.22. The van der Waals surface area contributed by atoms with Gasteiger partial charge in [-0.15, -0.1) is 0 Å². The Kier molecular flexibility index (Phi) is 6.23. The smallest absolute Gasteiger partial charge is 0.342 e. The third-order valence-electron chi connectivity index (χ3n) is 2.47. The largest absolute Gasteiger partial charge is 0.491 e. The Balaban J connectivity index is 2.61. The van der Waals surface area contributed by atoms with Gasteiger partial charge in [0.15, 0.2) is 5.75 Å². The fourth-order valence-electron chi connectivity index (χ4n) is 1.57. The normalized spacial score (nSPS) is 9.68. The number of hydrogen-bond acceptors (Lipinski definition) is 5. The van der Waals surface area contributed by atoms with Crippen molar-refractivity contribution in [3.05, 3.63) is 23.8 Å². The molecule has 1 aromatic rings. The van der Waals surface area contributed by atoms with Crippen LogP contribution in [0.25, 0.3) is 0 Å². The van der Waals surface area contributed by atoms with Crippen molar-refractivity contribution >= 4 is 11.7 Å². The van der Waals surface area contributed by atoms with Crippen LogP contribution in [0.2, 0.25) is 0 Å². The number of nitriles is 1. The number of benzene rings is 1. The molecule has 5 heteroatoms. The van der Waals surface area contributed by atoms with E-state index in [4.69, 9.17) is 20.5 Å². The monoisotopic (exact) mass is 262 g/mol. The number of rotatable bonds is 7. The first kappa shape index (κ1) is 14.8. The molecule has 0 bridgehead atoms. The van der Waals surface area contributed by atoms with Crippen LogP contribution in [0.3, 0.4) is 0 Å². The van der Waals surface area contributed by atoms with Crippen LogP contribution in [0, 0.1) is 11.3 Å². The summed E-state index contributed by atoms with van der Waals surface area (Å²) in [6.45, 7) is 2.54. The molecule has 1 aromatic carbocycles. The lowest BCUT2D eigenvalue weighted by Gasteiger charge is -2.12. The molecule has 0 spiro atoms. The summed E-state index contributed by atoms with van der Waals surface area (Å²) in [5, 5.41) is 8.39. The number of anilines is 1. The maximum atomic E-state index is 11.9. The van der Waals surface area contributed by atoms with Gasteiger partial charge in [-0.05, 0) is 31.9 Å². The van der Waals surface area contributed by atoms with Crippen molar-refractivity contribution in [3.63, 3.8) is 0 Å². The van der Waals surface area contributed by atoms with E-state index in [0.717, 1.165) is 6.42 Å². The molecule has 0 amide bonds. The molecule has 0 saturated carbocycles. The molecule has 0 atom stereocenters. The molecule has 102 valence electrons. The SMILES string of the molecule is CCOc1c(N)cccc1C(=O)OCCCCC#N. The van der Waals surface area contributed by atoms with Crippen LogP contribution in [0.5, 0.6) is 5.75 Å². The lowest BCUT2D eigenvalue weighted by Crippen LogP contribution is -2.10. The highest BCUT2D eigenvalue weighted by atomic mass is 16.5. The Morgan fingerprint density at radius 3 is 2.89 bits per heavy atom. The first-order valence-corrected chi connectivity index (χ1v) is 6.26. The summed E-state index contributed by atoms with van der Waals surface area (Å²) in [7, 11) is 0. The molecule has 19 heavy (non-hydrogen) atoms. The van der Waals surface area contributed by atoms with Crippen molar-refractivity contribution in [2.75, 3.05) is 18.9 Å². The zero-order valence-corrected chi connectivity index (χ0v) is 11.0. The van der Waals surface area contributed by atoms with Gasteiger partial charge in [0.05, 0.1) is 25.0 Å². The van der Waals surface area contributed by atoms with Gasteiger partial charge >= 0.3 is 5.97 Å². The van der Waals surface area contributed by atoms with Gasteiger partial charge in [-0.2, -0.15) is 5.26 Å². The molecular weight excluding hydrogens is 244 g/mol. The molecule has 0 aromatic heterocycles. The van der Waals surface area contributed by atoms with E-state index in [1.807, 2.05) is 13.0 Å². The maximum Gasteiger partial charge on any atom is 0.342 e. The predicted octanol–water partition coefficient (Wildman–Crippen LogP) is 2.52. The number of carbonyl (C=O) groups excluding carboxylic acids is 1. The molecule has 0 heterocycles. The van der Waals surface area contributed by atoms with Crippen molar-refractivity contribution < 1.29 is 14.3 Å². The van der Waals surface area contributed by atoms with E-state index in [2.05, 4.69) is 0 Å². The highest BCUT2D eigenvalue weighted by molar-refractivity contribution is 5.94. The molecule has 0 fully saturated rings. The molecule has 5 nitrogen and oxygen atoms in total. The van der Waals surface area contributed by atoms with E-state index < -0.39 is 5.97 Å². The fourth-order valence-corrected chi connectivity index (χ4v) is 1.57. The van der Waals surface area contributed by atoms with Crippen LogP contribution in [0.1, 0.15) is 36.5 Å². The standard InChI is InChI=1S/C14H18N2O3/c1-2-18-13-11(7-6-8-12(13)16)14(17)19-10-5-3-4-9-15/h6-8H,2-5,10,16H2,1H3. The number of esters is 1. The summed E-state index contributed by atoms with van der Waals surface area (Å²) in [6, 6.07) is 7.03. The van der Waals surface area contributed by atoms with Crippen molar-refractivity contribution in [3.8, 4) is 11.8 Å². The van der Waals surface area contributed by atoms with Gasteiger partial charge in [-0.25, -0.2) is 4.79 Å².